The van der Waals surface area contributed by atoms with Crippen LogP contribution < -0.4 is 9.47 Å². The van der Waals surface area contributed by atoms with Crippen LogP contribution in [0.15, 0.2) is 48.5 Å². The lowest BCUT2D eigenvalue weighted by Gasteiger charge is -2.18. The maximum Gasteiger partial charge on any atom is 0.123 e. The molecule has 20 heavy (non-hydrogen) atoms. The van der Waals surface area contributed by atoms with E-state index in [1.807, 2.05) is 48.5 Å². The van der Waals surface area contributed by atoms with E-state index in [1.165, 1.54) is 0 Å². The van der Waals surface area contributed by atoms with Gasteiger partial charge in [-0.15, -0.1) is 0 Å². The molecule has 104 valence electrons. The first-order valence-corrected chi connectivity index (χ1v) is 6.81. The number of aliphatic hydroxyl groups excluding tert-OH is 1. The monoisotopic (exact) mass is 270 g/mol. The molecule has 3 rings (SSSR count). The molecule has 2 aromatic rings. The predicted octanol–water partition coefficient (Wildman–Crippen LogP) is 2.77. The lowest BCUT2D eigenvalue weighted by molar-refractivity contribution is 0.128. The van der Waals surface area contributed by atoms with Gasteiger partial charge in [-0.2, -0.15) is 0 Å². The highest BCUT2D eigenvalue weighted by Crippen LogP contribution is 2.36. The van der Waals surface area contributed by atoms with Crippen LogP contribution in [0.5, 0.6) is 11.5 Å². The summed E-state index contributed by atoms with van der Waals surface area (Å²) in [6.07, 6.45) is 0.0850. The van der Waals surface area contributed by atoms with Gasteiger partial charge in [-0.05, 0) is 17.7 Å². The standard InChI is InChI=1S/C17H18O3/c1-19-16-8-4-2-6-12(16)10-15(18)14-11-20-17-9-5-3-7-13(14)17/h2-9,14-15,18H,10-11H2,1H3. The molecule has 1 N–H and O–H groups in total. The Hall–Kier alpha value is -2.00. The van der Waals surface area contributed by atoms with E-state index >= 15 is 0 Å². The molecule has 1 heterocycles. The fraction of sp³-hybridized carbons (Fsp3) is 0.294. The third kappa shape index (κ3) is 2.37. The molecule has 2 atom stereocenters. The van der Waals surface area contributed by atoms with Gasteiger partial charge < -0.3 is 14.6 Å². The molecule has 0 saturated carbocycles. The summed E-state index contributed by atoms with van der Waals surface area (Å²) < 4.78 is 11.0. The second-order valence-corrected chi connectivity index (χ2v) is 5.04. The van der Waals surface area contributed by atoms with Crippen LogP contribution in [-0.4, -0.2) is 24.9 Å². The number of hydrogen-bond donors (Lipinski definition) is 1. The van der Waals surface area contributed by atoms with Crippen LogP contribution in [0.25, 0.3) is 0 Å². The number of fused-ring (bicyclic) bond motifs is 1. The molecule has 3 heteroatoms. The Morgan fingerprint density at radius 3 is 2.80 bits per heavy atom. The van der Waals surface area contributed by atoms with Gasteiger partial charge in [0.2, 0.25) is 0 Å². The normalized spacial score (nSPS) is 18.2. The van der Waals surface area contributed by atoms with E-state index in [9.17, 15) is 5.11 Å². The van der Waals surface area contributed by atoms with Crippen molar-refractivity contribution in [1.29, 1.82) is 0 Å². The molecular weight excluding hydrogens is 252 g/mol. The first-order chi connectivity index (χ1) is 9.79. The van der Waals surface area contributed by atoms with E-state index in [1.54, 1.807) is 7.11 Å². The highest BCUT2D eigenvalue weighted by Gasteiger charge is 2.30. The first kappa shape index (κ1) is 13.0. The fourth-order valence-electron chi connectivity index (χ4n) is 2.75. The maximum atomic E-state index is 10.5. The Kier molecular flexibility index (Phi) is 3.61. The van der Waals surface area contributed by atoms with E-state index in [0.717, 1.165) is 22.6 Å². The van der Waals surface area contributed by atoms with E-state index in [2.05, 4.69) is 0 Å². The van der Waals surface area contributed by atoms with Gasteiger partial charge in [0, 0.05) is 17.9 Å². The Morgan fingerprint density at radius 1 is 1.20 bits per heavy atom. The Bertz CT molecular complexity index is 594. The largest absolute Gasteiger partial charge is 0.496 e. The highest BCUT2D eigenvalue weighted by atomic mass is 16.5. The van der Waals surface area contributed by atoms with Gasteiger partial charge in [0.1, 0.15) is 11.5 Å². The quantitative estimate of drug-likeness (QED) is 0.928. The number of hydrogen-bond acceptors (Lipinski definition) is 3. The second-order valence-electron chi connectivity index (χ2n) is 5.04. The third-order valence-corrected chi connectivity index (χ3v) is 3.82. The topological polar surface area (TPSA) is 38.7 Å². The summed E-state index contributed by atoms with van der Waals surface area (Å²) in [4.78, 5) is 0. The second kappa shape index (κ2) is 5.55. The van der Waals surface area contributed by atoms with Crippen molar-refractivity contribution < 1.29 is 14.6 Å². The Labute approximate surface area is 118 Å². The lowest BCUT2D eigenvalue weighted by atomic mass is 9.91. The van der Waals surface area contributed by atoms with E-state index in [4.69, 9.17) is 9.47 Å². The summed E-state index contributed by atoms with van der Waals surface area (Å²) in [6.45, 7) is 0.537. The van der Waals surface area contributed by atoms with Crippen LogP contribution >= 0.6 is 0 Å². The molecule has 0 amide bonds. The van der Waals surface area contributed by atoms with Gasteiger partial charge in [-0.25, -0.2) is 0 Å². The van der Waals surface area contributed by atoms with Crippen LogP contribution in [0.4, 0.5) is 0 Å². The third-order valence-electron chi connectivity index (χ3n) is 3.82. The average molecular weight is 270 g/mol. The number of aliphatic hydroxyl groups is 1. The summed E-state index contributed by atoms with van der Waals surface area (Å²) >= 11 is 0. The summed E-state index contributed by atoms with van der Waals surface area (Å²) in [5.74, 6) is 1.73. The molecule has 3 nitrogen and oxygen atoms in total. The van der Waals surface area contributed by atoms with Crippen molar-refractivity contribution in [2.75, 3.05) is 13.7 Å². The molecule has 2 aromatic carbocycles. The minimum atomic E-state index is -0.477. The van der Waals surface area contributed by atoms with Crippen molar-refractivity contribution in [3.63, 3.8) is 0 Å². The number of ether oxygens (including phenoxy) is 2. The van der Waals surface area contributed by atoms with Gasteiger partial charge in [0.05, 0.1) is 19.8 Å². The van der Waals surface area contributed by atoms with Gasteiger partial charge in [-0.1, -0.05) is 36.4 Å². The minimum absolute atomic E-state index is 0.0242. The molecule has 0 radical (unpaired) electrons. The molecular formula is C17H18O3. The van der Waals surface area contributed by atoms with Gasteiger partial charge >= 0.3 is 0 Å². The summed E-state index contributed by atoms with van der Waals surface area (Å²) in [7, 11) is 1.65. The van der Waals surface area contributed by atoms with Crippen LogP contribution in [0.1, 0.15) is 17.0 Å². The zero-order valence-electron chi connectivity index (χ0n) is 11.5. The molecule has 0 spiro atoms. The lowest BCUT2D eigenvalue weighted by Crippen LogP contribution is -2.22. The Morgan fingerprint density at radius 2 is 1.95 bits per heavy atom. The summed E-state index contributed by atoms with van der Waals surface area (Å²) in [6, 6.07) is 15.7. The predicted molar refractivity (Wildman–Crippen MR) is 77.4 cm³/mol. The van der Waals surface area contributed by atoms with Gasteiger partial charge in [0.15, 0.2) is 0 Å². The number of rotatable bonds is 4. The van der Waals surface area contributed by atoms with Crippen molar-refractivity contribution in [3.8, 4) is 11.5 Å². The molecule has 0 aliphatic carbocycles. The molecule has 0 aromatic heterocycles. The average Bonchev–Trinajstić information content (AvgIpc) is 2.92. The first-order valence-electron chi connectivity index (χ1n) is 6.81. The molecule has 2 unspecified atom stereocenters. The highest BCUT2D eigenvalue weighted by molar-refractivity contribution is 5.41. The van der Waals surface area contributed by atoms with Crippen molar-refractivity contribution >= 4 is 0 Å². The zero-order chi connectivity index (χ0) is 13.9. The molecule has 0 saturated heterocycles. The number of para-hydroxylation sites is 2. The smallest absolute Gasteiger partial charge is 0.123 e. The van der Waals surface area contributed by atoms with Crippen LogP contribution in [-0.2, 0) is 6.42 Å². The van der Waals surface area contributed by atoms with E-state index in [0.29, 0.717) is 13.0 Å². The molecule has 0 bridgehead atoms. The van der Waals surface area contributed by atoms with Crippen molar-refractivity contribution in [2.45, 2.75) is 18.4 Å². The Balaban J connectivity index is 1.79. The van der Waals surface area contributed by atoms with Crippen molar-refractivity contribution in [3.05, 3.63) is 59.7 Å². The maximum absolute atomic E-state index is 10.5. The van der Waals surface area contributed by atoms with Crippen LogP contribution in [0, 0.1) is 0 Å². The minimum Gasteiger partial charge on any atom is -0.496 e. The van der Waals surface area contributed by atoms with Gasteiger partial charge in [-0.3, -0.25) is 0 Å². The zero-order valence-corrected chi connectivity index (χ0v) is 11.5. The van der Waals surface area contributed by atoms with Crippen LogP contribution in [0.2, 0.25) is 0 Å². The summed E-state index contributed by atoms with van der Waals surface area (Å²) in [5, 5.41) is 10.5. The summed E-state index contributed by atoms with van der Waals surface area (Å²) in [5.41, 5.74) is 2.11. The van der Waals surface area contributed by atoms with E-state index in [-0.39, 0.29) is 5.92 Å². The fourth-order valence-corrected chi connectivity index (χ4v) is 2.75. The van der Waals surface area contributed by atoms with Crippen molar-refractivity contribution in [2.24, 2.45) is 0 Å². The molecule has 0 fully saturated rings. The molecule has 1 aliphatic rings. The van der Waals surface area contributed by atoms with Crippen LogP contribution in [0.3, 0.4) is 0 Å². The number of methoxy groups -OCH3 is 1. The van der Waals surface area contributed by atoms with Crippen molar-refractivity contribution in [1.82, 2.24) is 0 Å². The molecule has 1 aliphatic heterocycles. The SMILES string of the molecule is COc1ccccc1CC(O)C1COc2ccccc21. The van der Waals surface area contributed by atoms with Gasteiger partial charge in [0.25, 0.3) is 0 Å². The van der Waals surface area contributed by atoms with E-state index < -0.39 is 6.10 Å². The number of benzene rings is 2.